The van der Waals surface area contributed by atoms with Crippen LogP contribution in [0.4, 0.5) is 5.69 Å². The third-order valence-corrected chi connectivity index (χ3v) is 3.28. The van der Waals surface area contributed by atoms with Crippen molar-refractivity contribution in [2.75, 3.05) is 20.0 Å². The highest BCUT2D eigenvalue weighted by molar-refractivity contribution is 6.01. The van der Waals surface area contributed by atoms with E-state index in [0.29, 0.717) is 22.7 Å². The summed E-state index contributed by atoms with van der Waals surface area (Å²) in [6.45, 7) is 4.15. The van der Waals surface area contributed by atoms with Crippen LogP contribution in [0.25, 0.3) is 0 Å². The predicted octanol–water partition coefficient (Wildman–Crippen LogP) is 2.59. The van der Waals surface area contributed by atoms with E-state index in [1.54, 1.807) is 19.2 Å². The SMILES string of the molecule is CCCC(CC)NC(=O)c1cc(OC)cc(OC)c1N. The Morgan fingerprint density at radius 2 is 2.00 bits per heavy atom. The van der Waals surface area contributed by atoms with Gasteiger partial charge in [0.05, 0.1) is 25.5 Å². The molecule has 1 amide bonds. The number of nitrogens with one attached hydrogen (secondary N) is 1. The highest BCUT2D eigenvalue weighted by Gasteiger charge is 2.18. The standard InChI is InChI=1S/C15H24N2O3/c1-5-7-10(6-2)17-15(18)12-8-11(19-3)9-13(20-4)14(12)16/h8-10H,5-7,16H2,1-4H3,(H,17,18). The first-order valence-electron chi connectivity index (χ1n) is 6.89. The van der Waals surface area contributed by atoms with E-state index in [-0.39, 0.29) is 11.9 Å². The van der Waals surface area contributed by atoms with E-state index < -0.39 is 0 Å². The molecular weight excluding hydrogens is 256 g/mol. The summed E-state index contributed by atoms with van der Waals surface area (Å²) < 4.78 is 10.3. The fourth-order valence-electron chi connectivity index (χ4n) is 2.07. The number of amides is 1. The molecule has 20 heavy (non-hydrogen) atoms. The van der Waals surface area contributed by atoms with Crippen molar-refractivity contribution in [3.63, 3.8) is 0 Å². The minimum atomic E-state index is -0.194. The number of carbonyl (C=O) groups is 1. The molecule has 0 aliphatic rings. The Kier molecular flexibility index (Phi) is 6.15. The number of anilines is 1. The van der Waals surface area contributed by atoms with E-state index in [9.17, 15) is 4.79 Å². The van der Waals surface area contributed by atoms with Gasteiger partial charge in [0.25, 0.3) is 5.91 Å². The number of benzene rings is 1. The Bertz CT molecular complexity index is 461. The molecule has 0 spiro atoms. The molecule has 5 nitrogen and oxygen atoms in total. The summed E-state index contributed by atoms with van der Waals surface area (Å²) in [5.74, 6) is 0.794. The molecule has 1 rings (SSSR count). The van der Waals surface area contributed by atoms with Gasteiger partial charge in [-0.2, -0.15) is 0 Å². The van der Waals surface area contributed by atoms with E-state index >= 15 is 0 Å². The lowest BCUT2D eigenvalue weighted by atomic mass is 10.1. The van der Waals surface area contributed by atoms with Crippen LogP contribution in [0.1, 0.15) is 43.5 Å². The maximum Gasteiger partial charge on any atom is 0.253 e. The third-order valence-electron chi connectivity index (χ3n) is 3.28. The first-order chi connectivity index (χ1) is 9.57. The van der Waals surface area contributed by atoms with Gasteiger partial charge in [0, 0.05) is 12.1 Å². The van der Waals surface area contributed by atoms with Crippen molar-refractivity contribution in [1.29, 1.82) is 0 Å². The normalized spacial score (nSPS) is 11.8. The van der Waals surface area contributed by atoms with Crippen LogP contribution >= 0.6 is 0 Å². The maximum atomic E-state index is 12.3. The lowest BCUT2D eigenvalue weighted by Crippen LogP contribution is -2.34. The Hall–Kier alpha value is -1.91. The van der Waals surface area contributed by atoms with Gasteiger partial charge in [-0.05, 0) is 18.9 Å². The quantitative estimate of drug-likeness (QED) is 0.753. The number of nitrogens with two attached hydrogens (primary N) is 1. The molecule has 0 aromatic heterocycles. The molecule has 0 fully saturated rings. The molecule has 3 N–H and O–H groups in total. The molecule has 0 aliphatic carbocycles. The molecule has 1 aromatic rings. The van der Waals surface area contributed by atoms with Crippen LogP contribution in [0.5, 0.6) is 11.5 Å². The van der Waals surface area contributed by atoms with Gasteiger partial charge in [-0.1, -0.05) is 20.3 Å². The van der Waals surface area contributed by atoms with Crippen molar-refractivity contribution in [2.45, 2.75) is 39.2 Å². The van der Waals surface area contributed by atoms with Gasteiger partial charge in [0.15, 0.2) is 0 Å². The second kappa shape index (κ2) is 7.62. The molecule has 0 saturated carbocycles. The van der Waals surface area contributed by atoms with Crippen LogP contribution in [-0.2, 0) is 0 Å². The summed E-state index contributed by atoms with van der Waals surface area (Å²) >= 11 is 0. The predicted molar refractivity (Wildman–Crippen MR) is 80.4 cm³/mol. The molecule has 0 saturated heterocycles. The monoisotopic (exact) mass is 280 g/mol. The number of nitrogen functional groups attached to an aromatic ring is 1. The van der Waals surface area contributed by atoms with Crippen LogP contribution in [0.3, 0.4) is 0 Å². The van der Waals surface area contributed by atoms with E-state index in [0.717, 1.165) is 19.3 Å². The van der Waals surface area contributed by atoms with Crippen molar-refractivity contribution in [1.82, 2.24) is 5.32 Å². The smallest absolute Gasteiger partial charge is 0.253 e. The van der Waals surface area contributed by atoms with Crippen LogP contribution in [0, 0.1) is 0 Å². The third kappa shape index (κ3) is 3.79. The lowest BCUT2D eigenvalue weighted by molar-refractivity contribution is 0.0934. The highest BCUT2D eigenvalue weighted by Crippen LogP contribution is 2.31. The summed E-state index contributed by atoms with van der Waals surface area (Å²) in [5.41, 5.74) is 6.68. The summed E-state index contributed by atoms with van der Waals surface area (Å²) in [6, 6.07) is 3.45. The van der Waals surface area contributed by atoms with Crippen LogP contribution in [-0.4, -0.2) is 26.2 Å². The zero-order chi connectivity index (χ0) is 15.1. The molecule has 0 radical (unpaired) electrons. The molecule has 112 valence electrons. The van der Waals surface area contributed by atoms with Crippen LogP contribution in [0.15, 0.2) is 12.1 Å². The zero-order valence-corrected chi connectivity index (χ0v) is 12.7. The fraction of sp³-hybridized carbons (Fsp3) is 0.533. The Morgan fingerprint density at radius 1 is 1.30 bits per heavy atom. The zero-order valence-electron chi connectivity index (χ0n) is 12.7. The number of hydrogen-bond acceptors (Lipinski definition) is 4. The van der Waals surface area contributed by atoms with E-state index in [4.69, 9.17) is 15.2 Å². The average molecular weight is 280 g/mol. The van der Waals surface area contributed by atoms with Gasteiger partial charge in [0.1, 0.15) is 11.5 Å². The number of rotatable bonds is 7. The summed E-state index contributed by atoms with van der Waals surface area (Å²) in [7, 11) is 3.05. The number of ether oxygens (including phenoxy) is 2. The largest absolute Gasteiger partial charge is 0.497 e. The van der Waals surface area contributed by atoms with Gasteiger partial charge >= 0.3 is 0 Å². The molecule has 1 unspecified atom stereocenters. The van der Waals surface area contributed by atoms with Crippen molar-refractivity contribution >= 4 is 11.6 Å². The molecule has 0 bridgehead atoms. The highest BCUT2D eigenvalue weighted by atomic mass is 16.5. The lowest BCUT2D eigenvalue weighted by Gasteiger charge is -2.18. The van der Waals surface area contributed by atoms with E-state index in [1.807, 2.05) is 0 Å². The topological polar surface area (TPSA) is 73.6 Å². The molecule has 0 aliphatic heterocycles. The Balaban J connectivity index is 3.02. The van der Waals surface area contributed by atoms with E-state index in [2.05, 4.69) is 19.2 Å². The molecular formula is C15H24N2O3. The first kappa shape index (κ1) is 16.1. The van der Waals surface area contributed by atoms with Gasteiger partial charge in [-0.3, -0.25) is 4.79 Å². The summed E-state index contributed by atoms with van der Waals surface area (Å²) in [4.78, 5) is 12.3. The summed E-state index contributed by atoms with van der Waals surface area (Å²) in [6.07, 6.45) is 2.86. The maximum absolute atomic E-state index is 12.3. The first-order valence-corrected chi connectivity index (χ1v) is 6.89. The Morgan fingerprint density at radius 3 is 2.50 bits per heavy atom. The fourth-order valence-corrected chi connectivity index (χ4v) is 2.07. The van der Waals surface area contributed by atoms with Crippen molar-refractivity contribution in [3.8, 4) is 11.5 Å². The van der Waals surface area contributed by atoms with Crippen LogP contribution in [0.2, 0.25) is 0 Å². The second-order valence-corrected chi connectivity index (χ2v) is 4.66. The van der Waals surface area contributed by atoms with Gasteiger partial charge in [-0.15, -0.1) is 0 Å². The van der Waals surface area contributed by atoms with Gasteiger partial charge < -0.3 is 20.5 Å². The molecule has 1 atom stereocenters. The van der Waals surface area contributed by atoms with Gasteiger partial charge in [-0.25, -0.2) is 0 Å². The second-order valence-electron chi connectivity index (χ2n) is 4.66. The minimum Gasteiger partial charge on any atom is -0.497 e. The number of carbonyl (C=O) groups excluding carboxylic acids is 1. The Labute approximate surface area is 120 Å². The van der Waals surface area contributed by atoms with Crippen molar-refractivity contribution in [3.05, 3.63) is 17.7 Å². The molecule has 1 aromatic carbocycles. The van der Waals surface area contributed by atoms with E-state index in [1.165, 1.54) is 7.11 Å². The van der Waals surface area contributed by atoms with Crippen molar-refractivity contribution in [2.24, 2.45) is 0 Å². The number of hydrogen-bond donors (Lipinski definition) is 2. The average Bonchev–Trinajstić information content (AvgIpc) is 2.46. The molecule has 5 heteroatoms. The summed E-state index contributed by atoms with van der Waals surface area (Å²) in [5, 5.41) is 3.00. The van der Waals surface area contributed by atoms with Gasteiger partial charge in [0.2, 0.25) is 0 Å². The molecule has 0 heterocycles. The number of methoxy groups -OCH3 is 2. The van der Waals surface area contributed by atoms with Crippen molar-refractivity contribution < 1.29 is 14.3 Å². The minimum absolute atomic E-state index is 0.157. The van der Waals surface area contributed by atoms with Crippen LogP contribution < -0.4 is 20.5 Å².